The summed E-state index contributed by atoms with van der Waals surface area (Å²) in [5.41, 5.74) is 2.91. The maximum absolute atomic E-state index is 6.03. The van der Waals surface area contributed by atoms with Gasteiger partial charge in [-0.25, -0.2) is 4.98 Å². The van der Waals surface area contributed by atoms with Gasteiger partial charge in [-0.1, -0.05) is 23.7 Å². The second kappa shape index (κ2) is 5.81. The highest BCUT2D eigenvalue weighted by Gasteiger charge is 2.17. The van der Waals surface area contributed by atoms with E-state index in [1.807, 2.05) is 54.8 Å². The smallest absolute Gasteiger partial charge is 0.227 e. The SMILES string of the molecule is Cc1[nH]cnc1-c1nnc(N(C)Cc2cccc(Cl)c2)n1C. The standard InChI is InChI=1S/C15H17ClN6/c1-10-13(18-9-17-10)14-19-20-15(22(14)3)21(2)8-11-5-4-6-12(16)7-11/h4-7,9H,8H2,1-3H3,(H,17,18). The van der Waals surface area contributed by atoms with Crippen molar-refractivity contribution in [1.82, 2.24) is 24.7 Å². The number of rotatable bonds is 4. The van der Waals surface area contributed by atoms with Crippen LogP contribution < -0.4 is 4.90 Å². The Morgan fingerprint density at radius 2 is 2.14 bits per heavy atom. The number of halogens is 1. The average Bonchev–Trinajstić information content (AvgIpc) is 3.04. The van der Waals surface area contributed by atoms with Crippen LogP contribution in [0.25, 0.3) is 11.5 Å². The van der Waals surface area contributed by atoms with E-state index in [4.69, 9.17) is 11.6 Å². The molecule has 1 N–H and O–H groups in total. The number of aryl methyl sites for hydroxylation is 1. The summed E-state index contributed by atoms with van der Waals surface area (Å²) in [7, 11) is 3.92. The second-order valence-corrected chi connectivity index (χ2v) is 5.68. The van der Waals surface area contributed by atoms with Gasteiger partial charge in [0.2, 0.25) is 5.95 Å². The van der Waals surface area contributed by atoms with Gasteiger partial charge < -0.3 is 9.88 Å². The minimum absolute atomic E-state index is 0.700. The zero-order chi connectivity index (χ0) is 15.7. The van der Waals surface area contributed by atoms with Crippen LogP contribution in [0.2, 0.25) is 5.02 Å². The maximum atomic E-state index is 6.03. The van der Waals surface area contributed by atoms with Crippen molar-refractivity contribution in [2.24, 2.45) is 7.05 Å². The van der Waals surface area contributed by atoms with Gasteiger partial charge in [0.1, 0.15) is 5.69 Å². The number of nitrogens with zero attached hydrogens (tertiary/aromatic N) is 5. The Morgan fingerprint density at radius 1 is 1.32 bits per heavy atom. The number of hydrogen-bond donors (Lipinski definition) is 1. The van der Waals surface area contributed by atoms with Gasteiger partial charge in [0.15, 0.2) is 5.82 Å². The van der Waals surface area contributed by atoms with Crippen LogP contribution in [0.4, 0.5) is 5.95 Å². The number of imidazole rings is 1. The second-order valence-electron chi connectivity index (χ2n) is 5.24. The zero-order valence-electron chi connectivity index (χ0n) is 12.7. The van der Waals surface area contributed by atoms with E-state index in [0.29, 0.717) is 6.54 Å². The fourth-order valence-electron chi connectivity index (χ4n) is 2.42. The lowest BCUT2D eigenvalue weighted by molar-refractivity contribution is 0.807. The number of nitrogens with one attached hydrogen (secondary N) is 1. The number of H-pyrrole nitrogens is 1. The van der Waals surface area contributed by atoms with Gasteiger partial charge in [0.25, 0.3) is 0 Å². The fraction of sp³-hybridized carbons (Fsp3) is 0.267. The van der Waals surface area contributed by atoms with E-state index in [-0.39, 0.29) is 0 Å². The first-order valence-electron chi connectivity index (χ1n) is 6.91. The van der Waals surface area contributed by atoms with Crippen molar-refractivity contribution >= 4 is 17.5 Å². The van der Waals surface area contributed by atoms with Crippen LogP contribution in [-0.4, -0.2) is 31.8 Å². The van der Waals surface area contributed by atoms with Gasteiger partial charge in [-0.3, -0.25) is 4.57 Å². The summed E-state index contributed by atoms with van der Waals surface area (Å²) in [6.45, 7) is 2.67. The highest BCUT2D eigenvalue weighted by Crippen LogP contribution is 2.22. The lowest BCUT2D eigenvalue weighted by Crippen LogP contribution is -2.20. The van der Waals surface area contributed by atoms with Crippen molar-refractivity contribution in [2.75, 3.05) is 11.9 Å². The lowest BCUT2D eigenvalue weighted by atomic mass is 10.2. The Balaban J connectivity index is 1.86. The molecule has 114 valence electrons. The molecule has 0 saturated carbocycles. The molecule has 3 aromatic rings. The van der Waals surface area contributed by atoms with Crippen LogP contribution >= 0.6 is 11.6 Å². The lowest BCUT2D eigenvalue weighted by Gasteiger charge is -2.18. The summed E-state index contributed by atoms with van der Waals surface area (Å²) in [6.07, 6.45) is 1.66. The number of hydrogen-bond acceptors (Lipinski definition) is 4. The number of anilines is 1. The first-order chi connectivity index (χ1) is 10.6. The van der Waals surface area contributed by atoms with Gasteiger partial charge in [-0.2, -0.15) is 0 Å². The van der Waals surface area contributed by atoms with Crippen LogP contribution in [0.3, 0.4) is 0 Å². The van der Waals surface area contributed by atoms with Crippen LogP contribution in [0.5, 0.6) is 0 Å². The van der Waals surface area contributed by atoms with E-state index in [9.17, 15) is 0 Å². The van der Waals surface area contributed by atoms with E-state index in [1.54, 1.807) is 6.33 Å². The molecule has 1 aromatic carbocycles. The summed E-state index contributed by atoms with van der Waals surface area (Å²) in [5.74, 6) is 1.52. The summed E-state index contributed by atoms with van der Waals surface area (Å²) in [4.78, 5) is 9.39. The fourth-order valence-corrected chi connectivity index (χ4v) is 2.64. The summed E-state index contributed by atoms with van der Waals surface area (Å²) in [5, 5.41) is 9.28. The molecule has 0 amide bonds. The molecule has 2 heterocycles. The minimum Gasteiger partial charge on any atom is -0.348 e. The Bertz CT molecular complexity index is 791. The van der Waals surface area contributed by atoms with Crippen LogP contribution in [0.15, 0.2) is 30.6 Å². The molecule has 0 aliphatic heterocycles. The molecule has 0 fully saturated rings. The number of aromatic nitrogens is 5. The van der Waals surface area contributed by atoms with Crippen LogP contribution in [0.1, 0.15) is 11.3 Å². The quantitative estimate of drug-likeness (QED) is 0.804. The van der Waals surface area contributed by atoms with Crippen molar-refractivity contribution in [3.8, 4) is 11.5 Å². The summed E-state index contributed by atoms with van der Waals surface area (Å²) in [6, 6.07) is 7.80. The van der Waals surface area contributed by atoms with Gasteiger partial charge >= 0.3 is 0 Å². The number of aromatic amines is 1. The third kappa shape index (κ3) is 2.69. The van der Waals surface area contributed by atoms with Crippen molar-refractivity contribution < 1.29 is 0 Å². The molecule has 22 heavy (non-hydrogen) atoms. The van der Waals surface area contributed by atoms with Crippen molar-refractivity contribution in [3.63, 3.8) is 0 Å². The van der Waals surface area contributed by atoms with Crippen LogP contribution in [-0.2, 0) is 13.6 Å². The first-order valence-corrected chi connectivity index (χ1v) is 7.29. The van der Waals surface area contributed by atoms with Gasteiger partial charge in [-0.05, 0) is 24.6 Å². The molecular weight excluding hydrogens is 300 g/mol. The summed E-state index contributed by atoms with van der Waals surface area (Å²) >= 11 is 6.03. The third-order valence-corrected chi connectivity index (χ3v) is 3.78. The predicted molar refractivity (Wildman–Crippen MR) is 86.9 cm³/mol. The number of benzene rings is 1. The Kier molecular flexibility index (Phi) is 3.85. The highest BCUT2D eigenvalue weighted by molar-refractivity contribution is 6.30. The molecule has 6 nitrogen and oxygen atoms in total. The minimum atomic E-state index is 0.700. The molecule has 0 saturated heterocycles. The van der Waals surface area contributed by atoms with Gasteiger partial charge in [0, 0.05) is 31.4 Å². The van der Waals surface area contributed by atoms with E-state index in [2.05, 4.69) is 20.2 Å². The molecule has 7 heteroatoms. The highest BCUT2D eigenvalue weighted by atomic mass is 35.5. The molecule has 0 radical (unpaired) electrons. The predicted octanol–water partition coefficient (Wildman–Crippen LogP) is 2.80. The van der Waals surface area contributed by atoms with Gasteiger partial charge in [-0.15, -0.1) is 10.2 Å². The van der Waals surface area contributed by atoms with Crippen molar-refractivity contribution in [3.05, 3.63) is 46.9 Å². The summed E-state index contributed by atoms with van der Waals surface area (Å²) < 4.78 is 1.94. The molecule has 0 spiro atoms. The van der Waals surface area contributed by atoms with Crippen molar-refractivity contribution in [1.29, 1.82) is 0 Å². The monoisotopic (exact) mass is 316 g/mol. The van der Waals surface area contributed by atoms with Crippen molar-refractivity contribution in [2.45, 2.75) is 13.5 Å². The average molecular weight is 317 g/mol. The molecule has 2 aromatic heterocycles. The maximum Gasteiger partial charge on any atom is 0.227 e. The molecular formula is C15H17ClN6. The van der Waals surface area contributed by atoms with E-state index in [0.717, 1.165) is 33.7 Å². The Morgan fingerprint density at radius 3 is 2.82 bits per heavy atom. The molecule has 0 unspecified atom stereocenters. The largest absolute Gasteiger partial charge is 0.348 e. The molecule has 0 aliphatic rings. The Labute approximate surface area is 133 Å². The molecule has 0 aliphatic carbocycles. The Hall–Kier alpha value is -2.34. The topological polar surface area (TPSA) is 62.6 Å². The molecule has 0 atom stereocenters. The first kappa shape index (κ1) is 14.6. The zero-order valence-corrected chi connectivity index (χ0v) is 13.5. The molecule has 3 rings (SSSR count). The van der Waals surface area contributed by atoms with E-state index < -0.39 is 0 Å². The van der Waals surface area contributed by atoms with Crippen LogP contribution in [0, 0.1) is 6.92 Å². The molecule has 0 bridgehead atoms. The normalized spacial score (nSPS) is 10.9. The van der Waals surface area contributed by atoms with Gasteiger partial charge in [0.05, 0.1) is 6.33 Å². The van der Waals surface area contributed by atoms with E-state index in [1.165, 1.54) is 0 Å². The third-order valence-electron chi connectivity index (χ3n) is 3.54. The van der Waals surface area contributed by atoms with E-state index >= 15 is 0 Å².